The molecule has 0 saturated heterocycles. The molecule has 0 bridgehead atoms. The molecule has 0 heterocycles. The molecule has 0 aliphatic heterocycles. The molecule has 21 heavy (non-hydrogen) atoms. The highest BCUT2D eigenvalue weighted by Crippen LogP contribution is 2.12. The van der Waals surface area contributed by atoms with Crippen LogP contribution in [0.25, 0.3) is 0 Å². The van der Waals surface area contributed by atoms with Gasteiger partial charge < -0.3 is 14.8 Å². The van der Waals surface area contributed by atoms with E-state index in [0.717, 1.165) is 0 Å². The maximum Gasteiger partial charge on any atom is 0.333 e. The highest BCUT2D eigenvalue weighted by atomic mass is 79.9. The van der Waals surface area contributed by atoms with Gasteiger partial charge in [-0.1, -0.05) is 15.9 Å². The van der Waals surface area contributed by atoms with E-state index in [-0.39, 0.29) is 12.4 Å². The van der Waals surface area contributed by atoms with E-state index >= 15 is 0 Å². The molecule has 6 heteroatoms. The average molecular weight is 364 g/mol. The Morgan fingerprint density at radius 1 is 1.05 bits per heavy atom. The zero-order valence-corrected chi connectivity index (χ0v) is 15.3. The minimum Gasteiger partial charge on any atom is -0.460 e. The van der Waals surface area contributed by atoms with Crippen LogP contribution in [-0.4, -0.2) is 35.0 Å². The third-order valence-corrected chi connectivity index (χ3v) is 2.30. The van der Waals surface area contributed by atoms with E-state index in [1.54, 1.807) is 41.5 Å². The zero-order valence-electron chi connectivity index (χ0n) is 13.7. The number of rotatable bonds is 6. The minimum atomic E-state index is -0.569. The second-order valence-corrected chi connectivity index (χ2v) is 7.38. The van der Waals surface area contributed by atoms with E-state index in [4.69, 9.17) is 9.47 Å². The van der Waals surface area contributed by atoms with Crippen LogP contribution < -0.4 is 5.32 Å². The quantitative estimate of drug-likeness (QED) is 0.446. The molecule has 0 fully saturated rings. The Labute approximate surface area is 135 Å². The van der Waals surface area contributed by atoms with E-state index in [9.17, 15) is 9.59 Å². The summed E-state index contributed by atoms with van der Waals surface area (Å²) in [6.07, 6.45) is 1.31. The summed E-state index contributed by atoms with van der Waals surface area (Å²) < 4.78 is 10.5. The summed E-state index contributed by atoms with van der Waals surface area (Å²) in [6, 6.07) is 0. The van der Waals surface area contributed by atoms with E-state index in [1.807, 2.05) is 0 Å². The Hall–Kier alpha value is -1.04. The van der Waals surface area contributed by atoms with Crippen molar-refractivity contribution in [2.75, 3.05) is 11.9 Å². The van der Waals surface area contributed by atoms with Gasteiger partial charge in [-0.15, -0.1) is 0 Å². The van der Waals surface area contributed by atoms with Crippen LogP contribution in [0.5, 0.6) is 0 Å². The molecular formula is C15H26BrNO4. The molecule has 5 nitrogen and oxygen atoms in total. The van der Waals surface area contributed by atoms with Crippen LogP contribution in [0.4, 0.5) is 0 Å². The van der Waals surface area contributed by atoms with E-state index in [2.05, 4.69) is 21.2 Å². The monoisotopic (exact) mass is 363 g/mol. The molecule has 0 aliphatic carbocycles. The molecule has 0 aromatic carbocycles. The van der Waals surface area contributed by atoms with Crippen LogP contribution in [-0.2, 0) is 19.1 Å². The number of alkyl halides is 1. The molecular weight excluding hydrogens is 338 g/mol. The molecule has 0 atom stereocenters. The number of hydrogen-bond acceptors (Lipinski definition) is 5. The van der Waals surface area contributed by atoms with Gasteiger partial charge in [-0.05, 0) is 41.5 Å². The van der Waals surface area contributed by atoms with Gasteiger partial charge in [0.05, 0.1) is 6.42 Å². The van der Waals surface area contributed by atoms with E-state index < -0.39 is 17.2 Å². The van der Waals surface area contributed by atoms with Crippen molar-refractivity contribution in [3.63, 3.8) is 0 Å². The van der Waals surface area contributed by atoms with Gasteiger partial charge in [-0.3, -0.25) is 4.79 Å². The van der Waals surface area contributed by atoms with Crippen molar-refractivity contribution in [3.8, 4) is 0 Å². The van der Waals surface area contributed by atoms with E-state index in [0.29, 0.717) is 17.6 Å². The van der Waals surface area contributed by atoms with E-state index in [1.165, 1.54) is 6.08 Å². The van der Waals surface area contributed by atoms with Crippen molar-refractivity contribution >= 4 is 27.9 Å². The molecule has 0 aromatic heterocycles. The first-order valence-electron chi connectivity index (χ1n) is 6.88. The predicted molar refractivity (Wildman–Crippen MR) is 86.2 cm³/mol. The molecule has 0 amide bonds. The number of ether oxygens (including phenoxy) is 2. The second kappa shape index (κ2) is 8.41. The molecule has 0 radical (unpaired) electrons. The number of hydrogen-bond donors (Lipinski definition) is 1. The third kappa shape index (κ3) is 12.4. The number of carbonyl (C=O) groups is 2. The highest BCUT2D eigenvalue weighted by Gasteiger charge is 2.19. The van der Waals surface area contributed by atoms with Crippen LogP contribution in [0.3, 0.4) is 0 Å². The maximum atomic E-state index is 11.8. The number of carbonyl (C=O) groups excluding carboxylic acids is 2. The van der Waals surface area contributed by atoms with Crippen LogP contribution in [0, 0.1) is 0 Å². The third-order valence-electron chi connectivity index (χ3n) is 1.90. The zero-order chi connectivity index (χ0) is 16.7. The molecule has 1 N–H and O–H groups in total. The Morgan fingerprint density at radius 2 is 1.57 bits per heavy atom. The molecule has 122 valence electrons. The predicted octanol–water partition coefficient (Wildman–Crippen LogP) is 2.93. The normalized spacial score (nSPS) is 12.8. The molecule has 0 unspecified atom stereocenters. The number of halogens is 1. The molecule has 0 aromatic rings. The fraction of sp³-hybridized carbons (Fsp3) is 0.733. The first kappa shape index (κ1) is 20.0. The van der Waals surface area contributed by atoms with Crippen molar-refractivity contribution in [1.29, 1.82) is 0 Å². The summed E-state index contributed by atoms with van der Waals surface area (Å²) in [5, 5.41) is 3.72. The number of nitrogens with one attached hydrogen (secondary N) is 1. The largest absolute Gasteiger partial charge is 0.460 e. The standard InChI is InChI=1S/C15H26BrNO4/c1-14(2,3)20-12(18)9-11(17-8-7-16)10-13(19)21-15(4,5)6/h9,17H,7-8,10H2,1-6H3. The summed E-state index contributed by atoms with van der Waals surface area (Å²) in [5.41, 5.74) is -0.637. The van der Waals surface area contributed by atoms with Crippen LogP contribution in [0.15, 0.2) is 11.8 Å². The average Bonchev–Trinajstić information content (AvgIpc) is 2.20. The van der Waals surface area contributed by atoms with Gasteiger partial charge in [0.1, 0.15) is 11.2 Å². The van der Waals surface area contributed by atoms with Crippen LogP contribution >= 0.6 is 15.9 Å². The highest BCUT2D eigenvalue weighted by molar-refractivity contribution is 9.09. The minimum absolute atomic E-state index is 0.00348. The summed E-state index contributed by atoms with van der Waals surface area (Å²) in [4.78, 5) is 23.6. The van der Waals surface area contributed by atoms with Gasteiger partial charge in [-0.2, -0.15) is 0 Å². The summed E-state index contributed by atoms with van der Waals surface area (Å²) >= 11 is 3.29. The van der Waals surface area contributed by atoms with Crippen molar-refractivity contribution in [3.05, 3.63) is 11.8 Å². The Morgan fingerprint density at radius 3 is 2.00 bits per heavy atom. The lowest BCUT2D eigenvalue weighted by atomic mass is 10.2. The van der Waals surface area contributed by atoms with Gasteiger partial charge in [0.2, 0.25) is 0 Å². The molecule has 0 rings (SSSR count). The first-order valence-corrected chi connectivity index (χ1v) is 8.00. The fourth-order valence-electron chi connectivity index (χ4n) is 1.38. The molecule has 0 saturated carbocycles. The van der Waals surface area contributed by atoms with Gasteiger partial charge in [-0.25, -0.2) is 4.79 Å². The fourth-order valence-corrected chi connectivity index (χ4v) is 1.58. The topological polar surface area (TPSA) is 64.6 Å². The van der Waals surface area contributed by atoms with Crippen LogP contribution in [0.1, 0.15) is 48.0 Å². The SMILES string of the molecule is CC(C)(C)OC(=O)C=C(CC(=O)OC(C)(C)C)NCCBr. The van der Waals surface area contributed by atoms with Gasteiger partial charge in [0.15, 0.2) is 0 Å². The summed E-state index contributed by atoms with van der Waals surface area (Å²) in [7, 11) is 0. The Bertz CT molecular complexity index is 391. The van der Waals surface area contributed by atoms with Crippen molar-refractivity contribution in [2.45, 2.75) is 59.2 Å². The van der Waals surface area contributed by atoms with Gasteiger partial charge in [0, 0.05) is 23.6 Å². The summed E-state index contributed by atoms with van der Waals surface area (Å²) in [6.45, 7) is 11.4. The van der Waals surface area contributed by atoms with Crippen molar-refractivity contribution in [1.82, 2.24) is 5.32 Å². The second-order valence-electron chi connectivity index (χ2n) is 6.58. The molecule has 0 aliphatic rings. The lowest BCUT2D eigenvalue weighted by molar-refractivity contribution is -0.154. The molecule has 0 spiro atoms. The smallest absolute Gasteiger partial charge is 0.333 e. The van der Waals surface area contributed by atoms with Crippen molar-refractivity contribution in [2.24, 2.45) is 0 Å². The first-order chi connectivity index (χ1) is 9.43. The van der Waals surface area contributed by atoms with Crippen LogP contribution in [0.2, 0.25) is 0 Å². The van der Waals surface area contributed by atoms with Gasteiger partial charge >= 0.3 is 11.9 Å². The lowest BCUT2D eigenvalue weighted by Crippen LogP contribution is -2.28. The maximum absolute atomic E-state index is 11.8. The number of esters is 2. The Balaban J connectivity index is 4.79. The van der Waals surface area contributed by atoms with Gasteiger partial charge in [0.25, 0.3) is 0 Å². The lowest BCUT2D eigenvalue weighted by Gasteiger charge is -2.21. The Kier molecular flexibility index (Phi) is 8.00. The van der Waals surface area contributed by atoms with Crippen molar-refractivity contribution < 1.29 is 19.1 Å². The summed E-state index contributed by atoms with van der Waals surface area (Å²) in [5.74, 6) is -0.873.